The van der Waals surface area contributed by atoms with Gasteiger partial charge in [0.25, 0.3) is 11.8 Å². The van der Waals surface area contributed by atoms with Gasteiger partial charge in [-0.3, -0.25) is 29.4 Å². The number of amides is 4. The molecule has 4 rings (SSSR count). The van der Waals surface area contributed by atoms with Crippen molar-refractivity contribution in [2.75, 3.05) is 18.9 Å². The lowest BCUT2D eigenvalue weighted by Crippen LogP contribution is -2.54. The summed E-state index contributed by atoms with van der Waals surface area (Å²) in [6.07, 6.45) is -2.83. The molecule has 2 aliphatic heterocycles. The van der Waals surface area contributed by atoms with E-state index in [2.05, 4.69) is 10.6 Å². The van der Waals surface area contributed by atoms with Crippen molar-refractivity contribution in [2.24, 2.45) is 0 Å². The second-order valence-electron chi connectivity index (χ2n) is 9.12. The van der Waals surface area contributed by atoms with Crippen molar-refractivity contribution in [1.29, 1.82) is 0 Å². The number of carbonyl (C=O) groups excluding carboxylic acids is 4. The van der Waals surface area contributed by atoms with Gasteiger partial charge in [0.2, 0.25) is 11.8 Å². The normalized spacial score (nSPS) is 18.2. The molecule has 2 aromatic carbocycles. The van der Waals surface area contributed by atoms with Gasteiger partial charge >= 0.3 is 6.18 Å². The zero-order chi connectivity index (χ0) is 27.6. The summed E-state index contributed by atoms with van der Waals surface area (Å²) in [4.78, 5) is 51.9. The summed E-state index contributed by atoms with van der Waals surface area (Å²) in [6, 6.07) is 9.80. The predicted octanol–water partition coefficient (Wildman–Crippen LogP) is 3.50. The van der Waals surface area contributed by atoms with Crippen LogP contribution in [0.2, 0.25) is 5.02 Å². The lowest BCUT2D eigenvalue weighted by atomic mass is 10.0. The number of alkyl halides is 3. The third-order valence-corrected chi connectivity index (χ3v) is 6.64. The van der Waals surface area contributed by atoms with Crippen LogP contribution >= 0.6 is 11.6 Å². The highest BCUT2D eigenvalue weighted by atomic mass is 35.5. The van der Waals surface area contributed by atoms with Crippen LogP contribution in [0.5, 0.6) is 0 Å². The maximum Gasteiger partial charge on any atom is 0.417 e. The van der Waals surface area contributed by atoms with Crippen molar-refractivity contribution < 1.29 is 32.3 Å². The summed E-state index contributed by atoms with van der Waals surface area (Å²) in [5.41, 5.74) is 1.18. The number of nitrogens with zero attached hydrogens (tertiary/aromatic N) is 2. The molecule has 1 unspecified atom stereocenters. The minimum absolute atomic E-state index is 0.00852. The Hall–Kier alpha value is -3.70. The van der Waals surface area contributed by atoms with Gasteiger partial charge in [0.05, 0.1) is 10.6 Å². The average Bonchev–Trinajstić information content (AvgIpc) is 3.11. The number of imide groups is 2. The van der Waals surface area contributed by atoms with E-state index in [0.29, 0.717) is 30.8 Å². The highest BCUT2D eigenvalue weighted by Gasteiger charge is 2.42. The monoisotopic (exact) mass is 548 g/mol. The number of anilines is 1. The molecule has 200 valence electrons. The third kappa shape index (κ3) is 6.05. The van der Waals surface area contributed by atoms with Crippen molar-refractivity contribution in [1.82, 2.24) is 15.1 Å². The number of halogens is 4. The topological polar surface area (TPSA) is 98.8 Å². The number of para-hydroxylation sites is 1. The Labute approximate surface area is 221 Å². The van der Waals surface area contributed by atoms with E-state index in [4.69, 9.17) is 11.6 Å². The predicted molar refractivity (Wildman–Crippen MR) is 133 cm³/mol. The number of nitrogens with one attached hydrogen (secondary N) is 2. The first-order valence-corrected chi connectivity index (χ1v) is 12.1. The van der Waals surface area contributed by atoms with Crippen LogP contribution in [0.3, 0.4) is 0 Å². The second kappa shape index (κ2) is 11.0. The largest absolute Gasteiger partial charge is 0.417 e. The maximum atomic E-state index is 13.0. The van der Waals surface area contributed by atoms with E-state index in [1.165, 1.54) is 12.1 Å². The SMILES string of the molecule is CN(CCc1ccc(C(F)(F)F)c(Cl)c1)Cc1ccccc1NC1=CC(=O)N(C2CCC(=O)NC2=O)C1=O. The number of rotatable bonds is 8. The number of carbonyl (C=O) groups is 4. The van der Waals surface area contributed by atoms with E-state index in [1.807, 2.05) is 24.1 Å². The fourth-order valence-corrected chi connectivity index (χ4v) is 4.67. The summed E-state index contributed by atoms with van der Waals surface area (Å²) in [5, 5.41) is 4.79. The molecule has 1 fully saturated rings. The number of piperidine rings is 1. The van der Waals surface area contributed by atoms with Gasteiger partial charge in [-0.25, -0.2) is 0 Å². The zero-order valence-corrected chi connectivity index (χ0v) is 21.0. The molecule has 0 aromatic heterocycles. The molecule has 12 heteroatoms. The molecule has 8 nitrogen and oxygen atoms in total. The first kappa shape index (κ1) is 27.3. The molecular weight excluding hydrogens is 525 g/mol. The van der Waals surface area contributed by atoms with E-state index < -0.39 is 41.4 Å². The number of likely N-dealkylation sites (N-methyl/N-ethyl adjacent to an activating group) is 1. The molecule has 0 saturated carbocycles. The van der Waals surface area contributed by atoms with Crippen molar-refractivity contribution in [2.45, 2.75) is 38.0 Å². The molecular formula is C26H24ClF3N4O4. The van der Waals surface area contributed by atoms with Crippen LogP contribution < -0.4 is 10.6 Å². The molecule has 1 saturated heterocycles. The number of benzene rings is 2. The van der Waals surface area contributed by atoms with E-state index >= 15 is 0 Å². The van der Waals surface area contributed by atoms with Gasteiger partial charge in [-0.15, -0.1) is 0 Å². The standard InChI is InChI=1S/C26H24ClF3N4O4/c1-33(11-10-15-6-7-17(18(27)12-15)26(28,29)30)14-16-4-2-3-5-19(16)31-20-13-23(36)34(25(20)38)21-8-9-22(35)32-24(21)37/h2-7,12-13,21,31H,8-11,14H2,1H3,(H,32,35,37). The Morgan fingerprint density at radius 2 is 1.87 bits per heavy atom. The van der Waals surface area contributed by atoms with Gasteiger partial charge < -0.3 is 10.2 Å². The highest BCUT2D eigenvalue weighted by Crippen LogP contribution is 2.35. The van der Waals surface area contributed by atoms with Gasteiger partial charge in [-0.05, 0) is 49.2 Å². The fourth-order valence-electron chi connectivity index (χ4n) is 4.36. The van der Waals surface area contributed by atoms with Crippen molar-refractivity contribution >= 4 is 40.9 Å². The van der Waals surface area contributed by atoms with Gasteiger partial charge in [0.1, 0.15) is 11.7 Å². The number of hydrogen-bond donors (Lipinski definition) is 2. The van der Waals surface area contributed by atoms with E-state index in [-0.39, 0.29) is 23.6 Å². The molecule has 0 radical (unpaired) electrons. The molecule has 0 spiro atoms. The number of hydrogen-bond acceptors (Lipinski definition) is 6. The average molecular weight is 549 g/mol. The molecule has 1 atom stereocenters. The summed E-state index contributed by atoms with van der Waals surface area (Å²) >= 11 is 5.82. The van der Waals surface area contributed by atoms with Crippen molar-refractivity contribution in [3.05, 3.63) is 76.0 Å². The van der Waals surface area contributed by atoms with Gasteiger partial charge in [-0.2, -0.15) is 13.2 Å². The smallest absolute Gasteiger partial charge is 0.351 e. The Kier molecular flexibility index (Phi) is 7.89. The second-order valence-corrected chi connectivity index (χ2v) is 9.53. The summed E-state index contributed by atoms with van der Waals surface area (Å²) < 4.78 is 38.8. The lowest BCUT2D eigenvalue weighted by Gasteiger charge is -2.28. The van der Waals surface area contributed by atoms with Crippen LogP contribution in [-0.4, -0.2) is 53.1 Å². The van der Waals surface area contributed by atoms with Crippen molar-refractivity contribution in [3.8, 4) is 0 Å². The lowest BCUT2D eigenvalue weighted by molar-refractivity contribution is -0.149. The van der Waals surface area contributed by atoms with Gasteiger partial charge in [0, 0.05) is 31.3 Å². The van der Waals surface area contributed by atoms with E-state index in [1.54, 1.807) is 12.1 Å². The molecule has 2 aliphatic rings. The molecule has 38 heavy (non-hydrogen) atoms. The summed E-state index contributed by atoms with van der Waals surface area (Å²) in [6.45, 7) is 0.948. The molecule has 4 amide bonds. The molecule has 0 bridgehead atoms. The Bertz CT molecular complexity index is 1330. The minimum Gasteiger partial charge on any atom is -0.351 e. The Morgan fingerprint density at radius 3 is 2.55 bits per heavy atom. The van der Waals surface area contributed by atoms with Gasteiger partial charge in [-0.1, -0.05) is 35.9 Å². The molecule has 2 N–H and O–H groups in total. The fraction of sp³-hybridized carbons (Fsp3) is 0.308. The van der Waals surface area contributed by atoms with Crippen LogP contribution in [0.1, 0.15) is 29.5 Å². The summed E-state index contributed by atoms with van der Waals surface area (Å²) in [7, 11) is 1.84. The summed E-state index contributed by atoms with van der Waals surface area (Å²) in [5.74, 6) is -2.44. The van der Waals surface area contributed by atoms with Crippen LogP contribution in [0.25, 0.3) is 0 Å². The Morgan fingerprint density at radius 1 is 1.13 bits per heavy atom. The van der Waals surface area contributed by atoms with Crippen molar-refractivity contribution in [3.63, 3.8) is 0 Å². The van der Waals surface area contributed by atoms with E-state index in [9.17, 15) is 32.3 Å². The third-order valence-electron chi connectivity index (χ3n) is 6.32. The van der Waals surface area contributed by atoms with Crippen LogP contribution in [-0.2, 0) is 38.3 Å². The minimum atomic E-state index is -4.51. The highest BCUT2D eigenvalue weighted by molar-refractivity contribution is 6.31. The zero-order valence-electron chi connectivity index (χ0n) is 20.3. The van der Waals surface area contributed by atoms with Crippen LogP contribution in [0, 0.1) is 0 Å². The Balaban J connectivity index is 1.39. The first-order valence-electron chi connectivity index (χ1n) is 11.8. The van der Waals surface area contributed by atoms with E-state index in [0.717, 1.165) is 22.6 Å². The van der Waals surface area contributed by atoms with Crippen LogP contribution in [0.4, 0.5) is 18.9 Å². The molecule has 2 aromatic rings. The maximum absolute atomic E-state index is 13.0. The quantitative estimate of drug-likeness (QED) is 0.490. The van der Waals surface area contributed by atoms with Crippen LogP contribution in [0.15, 0.2) is 54.2 Å². The molecule has 2 heterocycles. The van der Waals surface area contributed by atoms with Gasteiger partial charge in [0.15, 0.2) is 0 Å². The molecule has 0 aliphatic carbocycles. The first-order chi connectivity index (χ1) is 17.9.